The van der Waals surface area contributed by atoms with E-state index in [2.05, 4.69) is 10.6 Å². The van der Waals surface area contributed by atoms with E-state index in [4.69, 9.17) is 23.2 Å². The summed E-state index contributed by atoms with van der Waals surface area (Å²) in [5.74, 6) is -0.132. The highest BCUT2D eigenvalue weighted by Crippen LogP contribution is 2.32. The molecule has 1 heterocycles. The van der Waals surface area contributed by atoms with E-state index in [0.717, 1.165) is 11.3 Å². The largest absolute Gasteiger partial charge is 0.359 e. The van der Waals surface area contributed by atoms with E-state index >= 15 is 0 Å². The first-order valence-corrected chi connectivity index (χ1v) is 6.90. The van der Waals surface area contributed by atoms with Crippen LogP contribution in [0.15, 0.2) is 42.5 Å². The van der Waals surface area contributed by atoms with Gasteiger partial charge in [0, 0.05) is 10.0 Å². The van der Waals surface area contributed by atoms with Gasteiger partial charge in [-0.1, -0.05) is 35.3 Å². The fourth-order valence-corrected chi connectivity index (χ4v) is 2.64. The van der Waals surface area contributed by atoms with Crippen LogP contribution in [0.4, 0.5) is 5.69 Å². The average molecular weight is 307 g/mol. The summed E-state index contributed by atoms with van der Waals surface area (Å²) in [5.41, 5.74) is 1.53. The Kier molecular flexibility index (Phi) is 3.11. The van der Waals surface area contributed by atoms with Crippen LogP contribution >= 0.6 is 23.2 Å². The van der Waals surface area contributed by atoms with Crippen molar-refractivity contribution in [2.24, 2.45) is 0 Å². The summed E-state index contributed by atoms with van der Waals surface area (Å²) >= 11 is 11.9. The van der Waals surface area contributed by atoms with Gasteiger partial charge in [-0.25, -0.2) is 0 Å². The fraction of sp³-hybridized carbons (Fsp3) is 0.133. The van der Waals surface area contributed by atoms with Crippen molar-refractivity contribution in [3.05, 3.63) is 63.6 Å². The zero-order chi connectivity index (χ0) is 14.3. The molecule has 0 spiro atoms. The van der Waals surface area contributed by atoms with Crippen LogP contribution in [0.2, 0.25) is 10.0 Å². The molecular formula is C15H12Cl2N2O. The van der Waals surface area contributed by atoms with Gasteiger partial charge in [0.1, 0.15) is 5.66 Å². The van der Waals surface area contributed by atoms with Crippen LogP contribution in [0.3, 0.4) is 0 Å². The molecule has 0 fully saturated rings. The Bertz CT molecular complexity index is 685. The second-order valence-corrected chi connectivity index (χ2v) is 5.77. The third-order valence-corrected chi connectivity index (χ3v) is 3.88. The molecule has 3 rings (SSSR count). The predicted molar refractivity (Wildman–Crippen MR) is 81.3 cm³/mol. The van der Waals surface area contributed by atoms with Gasteiger partial charge in [0.15, 0.2) is 0 Å². The molecule has 0 saturated carbocycles. The monoisotopic (exact) mass is 306 g/mol. The molecule has 1 amide bonds. The van der Waals surface area contributed by atoms with E-state index in [0.29, 0.717) is 15.6 Å². The number of benzene rings is 2. The molecule has 5 heteroatoms. The Labute approximate surface area is 126 Å². The van der Waals surface area contributed by atoms with Crippen molar-refractivity contribution in [3.63, 3.8) is 0 Å². The average Bonchev–Trinajstić information content (AvgIpc) is 2.38. The quantitative estimate of drug-likeness (QED) is 0.835. The van der Waals surface area contributed by atoms with Crippen molar-refractivity contribution >= 4 is 34.8 Å². The molecule has 3 nitrogen and oxygen atoms in total. The van der Waals surface area contributed by atoms with Gasteiger partial charge in [0.25, 0.3) is 5.91 Å². The number of fused-ring (bicyclic) bond motifs is 1. The Balaban J connectivity index is 2.05. The van der Waals surface area contributed by atoms with Crippen LogP contribution in [0.1, 0.15) is 22.8 Å². The maximum atomic E-state index is 12.2. The highest BCUT2D eigenvalue weighted by molar-refractivity contribution is 6.31. The first-order chi connectivity index (χ1) is 9.48. The van der Waals surface area contributed by atoms with Gasteiger partial charge >= 0.3 is 0 Å². The molecule has 0 aromatic heterocycles. The van der Waals surface area contributed by atoms with Crippen LogP contribution in [-0.4, -0.2) is 5.91 Å². The minimum absolute atomic E-state index is 0.132. The number of amides is 1. The van der Waals surface area contributed by atoms with Crippen LogP contribution in [0.25, 0.3) is 0 Å². The third-order valence-electron chi connectivity index (χ3n) is 3.40. The van der Waals surface area contributed by atoms with Gasteiger partial charge in [-0.15, -0.1) is 0 Å². The normalized spacial score (nSPS) is 20.9. The smallest absolute Gasteiger partial charge is 0.255 e. The van der Waals surface area contributed by atoms with E-state index in [-0.39, 0.29) is 5.91 Å². The van der Waals surface area contributed by atoms with Gasteiger partial charge < -0.3 is 10.6 Å². The highest BCUT2D eigenvalue weighted by Gasteiger charge is 2.34. The van der Waals surface area contributed by atoms with E-state index in [1.54, 1.807) is 30.3 Å². The van der Waals surface area contributed by atoms with Crippen LogP contribution in [0, 0.1) is 0 Å². The molecule has 0 saturated heterocycles. The molecule has 1 aliphatic heterocycles. The highest BCUT2D eigenvalue weighted by atomic mass is 35.5. The second-order valence-electron chi connectivity index (χ2n) is 4.90. The van der Waals surface area contributed by atoms with Crippen molar-refractivity contribution in [1.29, 1.82) is 0 Å². The van der Waals surface area contributed by atoms with Crippen LogP contribution in [-0.2, 0) is 5.66 Å². The second kappa shape index (κ2) is 4.69. The molecule has 1 aliphatic rings. The molecule has 102 valence electrons. The summed E-state index contributed by atoms with van der Waals surface area (Å²) in [6.45, 7) is 1.90. The Morgan fingerprint density at radius 3 is 2.30 bits per heavy atom. The molecule has 1 unspecified atom stereocenters. The topological polar surface area (TPSA) is 41.1 Å². The number of hydrogen-bond donors (Lipinski definition) is 2. The van der Waals surface area contributed by atoms with Crippen LogP contribution < -0.4 is 10.6 Å². The van der Waals surface area contributed by atoms with E-state index in [1.165, 1.54) is 0 Å². The number of halogens is 2. The summed E-state index contributed by atoms with van der Waals surface area (Å²) < 4.78 is 0. The van der Waals surface area contributed by atoms with Crippen molar-refractivity contribution in [2.75, 3.05) is 5.32 Å². The summed E-state index contributed by atoms with van der Waals surface area (Å²) in [6, 6.07) is 12.5. The Morgan fingerprint density at radius 1 is 0.950 bits per heavy atom. The first-order valence-electron chi connectivity index (χ1n) is 6.14. The van der Waals surface area contributed by atoms with Crippen molar-refractivity contribution in [3.8, 4) is 0 Å². The van der Waals surface area contributed by atoms with E-state index in [9.17, 15) is 4.79 Å². The molecule has 0 radical (unpaired) electrons. The number of anilines is 1. The summed E-state index contributed by atoms with van der Waals surface area (Å²) in [5, 5.41) is 7.53. The lowest BCUT2D eigenvalue weighted by molar-refractivity contribution is 0.0906. The lowest BCUT2D eigenvalue weighted by Gasteiger charge is -2.38. The van der Waals surface area contributed by atoms with E-state index < -0.39 is 5.66 Å². The van der Waals surface area contributed by atoms with Gasteiger partial charge in [0.05, 0.1) is 11.3 Å². The molecule has 1 atom stereocenters. The lowest BCUT2D eigenvalue weighted by Crippen LogP contribution is -2.52. The zero-order valence-corrected chi connectivity index (χ0v) is 12.2. The van der Waals surface area contributed by atoms with Gasteiger partial charge in [-0.05, 0) is 42.8 Å². The summed E-state index contributed by atoms with van der Waals surface area (Å²) in [4.78, 5) is 12.2. The first kappa shape index (κ1) is 13.3. The van der Waals surface area contributed by atoms with Crippen molar-refractivity contribution < 1.29 is 4.79 Å². The standard InChI is InChI=1S/C15H12Cl2N2O/c1-15(9-2-4-10(16)5-3-9)18-13-8-11(17)6-7-12(13)14(20)19-15/h2-8,18H,1H3,(H,19,20). The Morgan fingerprint density at radius 2 is 1.60 bits per heavy atom. The summed E-state index contributed by atoms with van der Waals surface area (Å²) in [6.07, 6.45) is 0. The zero-order valence-electron chi connectivity index (χ0n) is 10.7. The van der Waals surface area contributed by atoms with Gasteiger partial charge in [-0.3, -0.25) is 4.79 Å². The fourth-order valence-electron chi connectivity index (χ4n) is 2.34. The Hall–Kier alpha value is -1.71. The maximum Gasteiger partial charge on any atom is 0.255 e. The third kappa shape index (κ3) is 2.23. The number of carbonyl (C=O) groups excluding carboxylic acids is 1. The van der Waals surface area contributed by atoms with Crippen molar-refractivity contribution in [1.82, 2.24) is 5.32 Å². The van der Waals surface area contributed by atoms with Crippen molar-refractivity contribution in [2.45, 2.75) is 12.6 Å². The molecule has 2 N–H and O–H groups in total. The molecule has 2 aromatic rings. The number of rotatable bonds is 1. The summed E-state index contributed by atoms with van der Waals surface area (Å²) in [7, 11) is 0. The predicted octanol–water partition coefficient (Wildman–Crippen LogP) is 4.02. The number of hydrogen-bond acceptors (Lipinski definition) is 2. The van der Waals surface area contributed by atoms with Gasteiger partial charge in [-0.2, -0.15) is 0 Å². The minimum Gasteiger partial charge on any atom is -0.359 e. The molecular weight excluding hydrogens is 295 g/mol. The van der Waals surface area contributed by atoms with E-state index in [1.807, 2.05) is 19.1 Å². The number of carbonyl (C=O) groups is 1. The van der Waals surface area contributed by atoms with Crippen LogP contribution in [0.5, 0.6) is 0 Å². The minimum atomic E-state index is -0.695. The molecule has 20 heavy (non-hydrogen) atoms. The maximum absolute atomic E-state index is 12.2. The number of nitrogens with one attached hydrogen (secondary N) is 2. The molecule has 0 bridgehead atoms. The lowest BCUT2D eigenvalue weighted by atomic mass is 9.96. The molecule has 2 aromatic carbocycles. The van der Waals surface area contributed by atoms with Gasteiger partial charge in [0.2, 0.25) is 0 Å². The SMILES string of the molecule is CC1(c2ccc(Cl)cc2)NC(=O)c2ccc(Cl)cc2N1. The molecule has 0 aliphatic carbocycles.